The van der Waals surface area contributed by atoms with Crippen LogP contribution in [0, 0.1) is 17.8 Å². The maximum atomic E-state index is 12.8. The molecular weight excluding hydrogens is 295 g/mol. The summed E-state index contributed by atoms with van der Waals surface area (Å²) in [5, 5.41) is 0. The fraction of sp³-hybridized carbons (Fsp3) is 0.750. The van der Waals surface area contributed by atoms with E-state index in [1.807, 2.05) is 6.07 Å². The van der Waals surface area contributed by atoms with E-state index in [-0.39, 0.29) is 10.3 Å². The second-order valence-corrected chi connectivity index (χ2v) is 8.53. The first kappa shape index (κ1) is 14.1. The molecule has 0 spiro atoms. The predicted octanol–water partition coefficient (Wildman–Crippen LogP) is 4.78. The van der Waals surface area contributed by atoms with Crippen molar-refractivity contribution < 1.29 is 13.2 Å². The minimum Gasteiger partial charge on any atom is -0.316 e. The van der Waals surface area contributed by atoms with Crippen LogP contribution in [0.3, 0.4) is 0 Å². The van der Waals surface area contributed by atoms with Gasteiger partial charge in [-0.3, -0.25) is 0 Å². The van der Waals surface area contributed by atoms with Gasteiger partial charge < -0.3 is 5.73 Å². The molecule has 116 valence electrons. The molecular formula is C16H20F3NS. The molecule has 4 saturated carbocycles. The Bertz CT molecular complexity index is 513. The highest BCUT2D eigenvalue weighted by Crippen LogP contribution is 2.61. The third kappa shape index (κ3) is 2.24. The summed E-state index contributed by atoms with van der Waals surface area (Å²) in [5.74, 6) is 2.41. The van der Waals surface area contributed by atoms with Gasteiger partial charge in [0.2, 0.25) is 0 Å². The van der Waals surface area contributed by atoms with E-state index in [2.05, 4.69) is 0 Å². The molecule has 4 aliphatic carbocycles. The van der Waals surface area contributed by atoms with Crippen molar-refractivity contribution >= 4 is 11.3 Å². The molecule has 4 aliphatic rings. The molecule has 1 aromatic heterocycles. The smallest absolute Gasteiger partial charge is 0.316 e. The lowest BCUT2D eigenvalue weighted by atomic mass is 9.49. The summed E-state index contributed by atoms with van der Waals surface area (Å²) in [4.78, 5) is 1.43. The Balaban J connectivity index is 1.64. The van der Waals surface area contributed by atoms with E-state index in [9.17, 15) is 13.2 Å². The van der Waals surface area contributed by atoms with Gasteiger partial charge in [0, 0.05) is 15.2 Å². The number of hydrogen-bond donors (Lipinski definition) is 1. The number of alkyl halides is 3. The minimum absolute atomic E-state index is 0.170. The summed E-state index contributed by atoms with van der Waals surface area (Å²) in [6.07, 6.45) is 3.24. The van der Waals surface area contributed by atoms with Crippen molar-refractivity contribution in [1.82, 2.24) is 0 Å². The SMILES string of the molecule is N[C@H](c1ccc(C23CC4CC(CC(C4)C2)C3)s1)C(F)(F)F. The molecule has 0 aliphatic heterocycles. The van der Waals surface area contributed by atoms with Crippen LogP contribution in [0.4, 0.5) is 13.2 Å². The Hall–Kier alpha value is -0.550. The van der Waals surface area contributed by atoms with Crippen molar-refractivity contribution in [3.63, 3.8) is 0 Å². The molecule has 4 bridgehead atoms. The molecule has 5 heteroatoms. The van der Waals surface area contributed by atoms with Crippen molar-refractivity contribution in [3.05, 3.63) is 21.9 Å². The van der Waals surface area contributed by atoms with Crippen LogP contribution >= 0.6 is 11.3 Å². The Labute approximate surface area is 126 Å². The van der Waals surface area contributed by atoms with Crippen LogP contribution < -0.4 is 5.73 Å². The van der Waals surface area contributed by atoms with E-state index < -0.39 is 12.2 Å². The molecule has 1 aromatic rings. The lowest BCUT2D eigenvalue weighted by Gasteiger charge is -2.56. The highest BCUT2D eigenvalue weighted by atomic mass is 32.1. The maximum Gasteiger partial charge on any atom is 0.408 e. The highest BCUT2D eigenvalue weighted by molar-refractivity contribution is 7.12. The molecule has 5 rings (SSSR count). The molecule has 0 radical (unpaired) electrons. The summed E-state index contributed by atoms with van der Waals surface area (Å²) >= 11 is 1.31. The van der Waals surface area contributed by atoms with Crippen molar-refractivity contribution in [2.24, 2.45) is 23.5 Å². The van der Waals surface area contributed by atoms with E-state index in [4.69, 9.17) is 5.73 Å². The van der Waals surface area contributed by atoms with Gasteiger partial charge in [0.25, 0.3) is 0 Å². The molecule has 4 fully saturated rings. The standard InChI is InChI=1S/C16H20F3NS/c17-16(18,19)14(20)12-1-2-13(21-12)15-6-9-3-10(7-15)5-11(4-9)8-15/h1-2,9-11,14H,3-8,20H2/t9?,10?,11?,14-,15?/m1/s1. The summed E-state index contributed by atoms with van der Waals surface area (Å²) in [6, 6.07) is 1.71. The largest absolute Gasteiger partial charge is 0.408 e. The fourth-order valence-corrected chi connectivity index (χ4v) is 6.63. The Morgan fingerprint density at radius 1 is 1.05 bits per heavy atom. The number of hydrogen-bond acceptors (Lipinski definition) is 2. The summed E-state index contributed by atoms with van der Waals surface area (Å²) in [7, 11) is 0. The second-order valence-electron chi connectivity index (χ2n) is 7.42. The molecule has 21 heavy (non-hydrogen) atoms. The Morgan fingerprint density at radius 2 is 1.57 bits per heavy atom. The summed E-state index contributed by atoms with van der Waals surface area (Å²) < 4.78 is 38.4. The minimum atomic E-state index is -4.34. The first-order valence-corrected chi connectivity index (χ1v) is 8.60. The topological polar surface area (TPSA) is 26.0 Å². The first-order chi connectivity index (χ1) is 9.86. The monoisotopic (exact) mass is 315 g/mol. The zero-order valence-electron chi connectivity index (χ0n) is 11.8. The average molecular weight is 315 g/mol. The number of halogens is 3. The van der Waals surface area contributed by atoms with Crippen molar-refractivity contribution in [2.45, 2.75) is 56.2 Å². The zero-order valence-corrected chi connectivity index (χ0v) is 12.6. The average Bonchev–Trinajstić information content (AvgIpc) is 2.85. The van der Waals surface area contributed by atoms with Gasteiger partial charge >= 0.3 is 6.18 Å². The molecule has 1 nitrogen and oxygen atoms in total. The van der Waals surface area contributed by atoms with E-state index in [0.717, 1.165) is 22.6 Å². The molecule has 0 amide bonds. The summed E-state index contributed by atoms with van der Waals surface area (Å²) in [5.41, 5.74) is 5.53. The fourth-order valence-electron chi connectivity index (χ4n) is 5.38. The predicted molar refractivity (Wildman–Crippen MR) is 77.2 cm³/mol. The van der Waals surface area contributed by atoms with E-state index >= 15 is 0 Å². The second kappa shape index (κ2) is 4.48. The van der Waals surface area contributed by atoms with Gasteiger partial charge in [-0.25, -0.2) is 0 Å². The zero-order chi connectivity index (χ0) is 14.8. The van der Waals surface area contributed by atoms with Gasteiger partial charge in [-0.2, -0.15) is 13.2 Å². The molecule has 0 saturated heterocycles. The van der Waals surface area contributed by atoms with Gasteiger partial charge in [-0.1, -0.05) is 0 Å². The lowest BCUT2D eigenvalue weighted by molar-refractivity contribution is -0.148. The summed E-state index contributed by atoms with van der Waals surface area (Å²) in [6.45, 7) is 0. The number of rotatable bonds is 2. The van der Waals surface area contributed by atoms with Gasteiger partial charge in [-0.05, 0) is 68.4 Å². The molecule has 2 N–H and O–H groups in total. The molecule has 1 atom stereocenters. The van der Waals surface area contributed by atoms with Crippen molar-refractivity contribution in [2.75, 3.05) is 0 Å². The first-order valence-electron chi connectivity index (χ1n) is 7.78. The van der Waals surface area contributed by atoms with Crippen molar-refractivity contribution in [3.8, 4) is 0 Å². The lowest BCUT2D eigenvalue weighted by Crippen LogP contribution is -2.48. The van der Waals surface area contributed by atoms with Crippen LogP contribution in [0.25, 0.3) is 0 Å². The van der Waals surface area contributed by atoms with Crippen LogP contribution in [0.2, 0.25) is 0 Å². The van der Waals surface area contributed by atoms with Crippen molar-refractivity contribution in [1.29, 1.82) is 0 Å². The Kier molecular flexibility index (Phi) is 3.00. The van der Waals surface area contributed by atoms with Crippen LogP contribution in [-0.4, -0.2) is 6.18 Å². The third-order valence-corrected chi connectivity index (χ3v) is 7.26. The Morgan fingerprint density at radius 3 is 2.05 bits per heavy atom. The normalized spacial score (nSPS) is 39.7. The molecule has 0 unspecified atom stereocenters. The van der Waals surface area contributed by atoms with Crippen LogP contribution in [-0.2, 0) is 5.41 Å². The maximum absolute atomic E-state index is 12.8. The van der Waals surface area contributed by atoms with Gasteiger partial charge in [0.05, 0.1) is 0 Å². The van der Waals surface area contributed by atoms with Crippen LogP contribution in [0.15, 0.2) is 12.1 Å². The van der Waals surface area contributed by atoms with E-state index in [1.54, 1.807) is 6.07 Å². The van der Waals surface area contributed by atoms with Gasteiger partial charge in [0.1, 0.15) is 6.04 Å². The van der Waals surface area contributed by atoms with E-state index in [0.29, 0.717) is 0 Å². The van der Waals surface area contributed by atoms with Gasteiger partial charge in [0.15, 0.2) is 0 Å². The quantitative estimate of drug-likeness (QED) is 0.835. The molecule has 0 aromatic carbocycles. The van der Waals surface area contributed by atoms with Crippen LogP contribution in [0.5, 0.6) is 0 Å². The number of nitrogens with two attached hydrogens (primary N) is 1. The highest BCUT2D eigenvalue weighted by Gasteiger charge is 2.52. The van der Waals surface area contributed by atoms with E-state index in [1.165, 1.54) is 49.9 Å². The number of thiophene rings is 1. The van der Waals surface area contributed by atoms with Gasteiger partial charge in [-0.15, -0.1) is 11.3 Å². The van der Waals surface area contributed by atoms with Crippen LogP contribution in [0.1, 0.15) is 54.3 Å². The molecule has 1 heterocycles. The third-order valence-electron chi connectivity index (χ3n) is 5.85.